The summed E-state index contributed by atoms with van der Waals surface area (Å²) in [6.45, 7) is 0.860. The normalized spacial score (nSPS) is 19.5. The fourth-order valence-electron chi connectivity index (χ4n) is 2.98. The SMILES string of the molecule is COc1nc2sccn2c1CNC(C1CC1)C1CC1. The second-order valence-corrected chi connectivity index (χ2v) is 6.58. The molecule has 2 heterocycles. The first-order valence-electron chi connectivity index (χ1n) is 7.08. The van der Waals surface area contributed by atoms with E-state index in [9.17, 15) is 0 Å². The van der Waals surface area contributed by atoms with Crippen molar-refractivity contribution in [3.8, 4) is 5.88 Å². The van der Waals surface area contributed by atoms with Gasteiger partial charge < -0.3 is 10.1 Å². The standard InChI is InChI=1S/C14H19N3OS/c1-18-13-11(17-6-7-19-14(17)16-13)8-15-12(9-2-3-9)10-4-5-10/h6-7,9-10,12,15H,2-5,8H2,1H3. The fraction of sp³-hybridized carbons (Fsp3) is 0.643. The third-order valence-electron chi connectivity index (χ3n) is 4.28. The summed E-state index contributed by atoms with van der Waals surface area (Å²) >= 11 is 1.65. The molecular weight excluding hydrogens is 258 g/mol. The van der Waals surface area contributed by atoms with Gasteiger partial charge in [-0.3, -0.25) is 4.40 Å². The van der Waals surface area contributed by atoms with Crippen molar-refractivity contribution in [3.63, 3.8) is 0 Å². The van der Waals surface area contributed by atoms with Gasteiger partial charge in [-0.25, -0.2) is 0 Å². The number of imidazole rings is 1. The Morgan fingerprint density at radius 1 is 1.42 bits per heavy atom. The summed E-state index contributed by atoms with van der Waals surface area (Å²) in [5.41, 5.74) is 1.16. The van der Waals surface area contributed by atoms with Crippen molar-refractivity contribution in [2.75, 3.05) is 7.11 Å². The molecule has 5 heteroatoms. The quantitative estimate of drug-likeness (QED) is 0.882. The fourth-order valence-corrected chi connectivity index (χ4v) is 3.70. The first kappa shape index (κ1) is 11.7. The lowest BCUT2D eigenvalue weighted by molar-refractivity contribution is 0.379. The van der Waals surface area contributed by atoms with Crippen LogP contribution >= 0.6 is 11.3 Å². The summed E-state index contributed by atoms with van der Waals surface area (Å²) in [6, 6.07) is 0.717. The molecule has 0 saturated heterocycles. The maximum absolute atomic E-state index is 5.41. The summed E-state index contributed by atoms with van der Waals surface area (Å²) in [5, 5.41) is 5.84. The summed E-state index contributed by atoms with van der Waals surface area (Å²) in [7, 11) is 1.70. The van der Waals surface area contributed by atoms with E-state index < -0.39 is 0 Å². The summed E-state index contributed by atoms with van der Waals surface area (Å²) < 4.78 is 7.55. The number of nitrogens with one attached hydrogen (secondary N) is 1. The zero-order chi connectivity index (χ0) is 12.8. The molecule has 1 N–H and O–H groups in total. The molecule has 0 radical (unpaired) electrons. The number of thiazole rings is 1. The van der Waals surface area contributed by atoms with Crippen molar-refractivity contribution >= 4 is 16.3 Å². The molecule has 0 atom stereocenters. The number of rotatable bonds is 6. The Morgan fingerprint density at radius 2 is 2.16 bits per heavy atom. The van der Waals surface area contributed by atoms with E-state index in [1.165, 1.54) is 25.7 Å². The van der Waals surface area contributed by atoms with Crippen molar-refractivity contribution < 1.29 is 4.74 Å². The van der Waals surface area contributed by atoms with Crippen molar-refractivity contribution in [2.45, 2.75) is 38.3 Å². The van der Waals surface area contributed by atoms with Gasteiger partial charge >= 0.3 is 0 Å². The highest BCUT2D eigenvalue weighted by Crippen LogP contribution is 2.44. The lowest BCUT2D eigenvalue weighted by Crippen LogP contribution is -2.33. The zero-order valence-electron chi connectivity index (χ0n) is 11.1. The zero-order valence-corrected chi connectivity index (χ0v) is 11.9. The van der Waals surface area contributed by atoms with Crippen LogP contribution in [-0.4, -0.2) is 22.5 Å². The molecule has 0 aliphatic heterocycles. The number of hydrogen-bond acceptors (Lipinski definition) is 4. The Morgan fingerprint density at radius 3 is 2.79 bits per heavy atom. The highest BCUT2D eigenvalue weighted by molar-refractivity contribution is 7.15. The molecule has 4 rings (SSSR count). The second kappa shape index (κ2) is 4.49. The van der Waals surface area contributed by atoms with Gasteiger partial charge in [0.05, 0.1) is 7.11 Å². The van der Waals surface area contributed by atoms with Gasteiger partial charge in [0.15, 0.2) is 4.96 Å². The first-order chi connectivity index (χ1) is 9.36. The summed E-state index contributed by atoms with van der Waals surface area (Å²) in [4.78, 5) is 5.53. The predicted octanol–water partition coefficient (Wildman–Crippen LogP) is 2.68. The molecule has 2 fully saturated rings. The highest BCUT2D eigenvalue weighted by Gasteiger charge is 2.41. The third-order valence-corrected chi connectivity index (χ3v) is 5.04. The second-order valence-electron chi connectivity index (χ2n) is 5.70. The summed E-state index contributed by atoms with van der Waals surface area (Å²) in [5.74, 6) is 2.61. The largest absolute Gasteiger partial charge is 0.480 e. The number of hydrogen-bond donors (Lipinski definition) is 1. The minimum absolute atomic E-state index is 0.717. The van der Waals surface area contributed by atoms with E-state index in [0.29, 0.717) is 6.04 Å². The number of methoxy groups -OCH3 is 1. The summed E-state index contributed by atoms with van der Waals surface area (Å²) in [6.07, 6.45) is 7.71. The lowest BCUT2D eigenvalue weighted by atomic mass is 10.1. The molecular formula is C14H19N3OS. The molecule has 4 nitrogen and oxygen atoms in total. The molecule has 0 bridgehead atoms. The third kappa shape index (κ3) is 2.15. The van der Waals surface area contributed by atoms with E-state index >= 15 is 0 Å². The van der Waals surface area contributed by atoms with Gasteiger partial charge in [-0.1, -0.05) is 0 Å². The molecule has 2 aromatic heterocycles. The average Bonchev–Trinajstić information content (AvgIpc) is 3.32. The van der Waals surface area contributed by atoms with E-state index in [1.807, 2.05) is 0 Å². The van der Waals surface area contributed by atoms with E-state index in [2.05, 4.69) is 26.3 Å². The van der Waals surface area contributed by atoms with Gasteiger partial charge in [-0.2, -0.15) is 4.98 Å². The van der Waals surface area contributed by atoms with E-state index in [0.717, 1.165) is 34.9 Å². The molecule has 19 heavy (non-hydrogen) atoms. The van der Waals surface area contributed by atoms with Crippen LogP contribution < -0.4 is 10.1 Å². The lowest BCUT2D eigenvalue weighted by Gasteiger charge is -2.17. The van der Waals surface area contributed by atoms with Crippen molar-refractivity contribution in [1.82, 2.24) is 14.7 Å². The van der Waals surface area contributed by atoms with Crippen LogP contribution in [0.5, 0.6) is 5.88 Å². The van der Waals surface area contributed by atoms with E-state index in [1.54, 1.807) is 18.4 Å². The van der Waals surface area contributed by atoms with Crippen molar-refractivity contribution in [1.29, 1.82) is 0 Å². The van der Waals surface area contributed by atoms with Crippen LogP contribution in [0.2, 0.25) is 0 Å². The maximum Gasteiger partial charge on any atom is 0.237 e. The number of nitrogens with zero attached hydrogens (tertiary/aromatic N) is 2. The van der Waals surface area contributed by atoms with Crippen molar-refractivity contribution in [2.24, 2.45) is 11.8 Å². The van der Waals surface area contributed by atoms with Gasteiger partial charge in [0.2, 0.25) is 5.88 Å². The Balaban J connectivity index is 1.54. The van der Waals surface area contributed by atoms with E-state index in [4.69, 9.17) is 4.74 Å². The van der Waals surface area contributed by atoms with E-state index in [-0.39, 0.29) is 0 Å². The Bertz CT molecular complexity index is 571. The monoisotopic (exact) mass is 277 g/mol. The molecule has 0 unspecified atom stereocenters. The first-order valence-corrected chi connectivity index (χ1v) is 7.96. The minimum atomic E-state index is 0.717. The predicted molar refractivity (Wildman–Crippen MR) is 75.7 cm³/mol. The van der Waals surface area contributed by atoms with Gasteiger partial charge in [-0.15, -0.1) is 11.3 Å². The van der Waals surface area contributed by atoms with Crippen LogP contribution in [0.25, 0.3) is 4.96 Å². The number of aromatic nitrogens is 2. The van der Waals surface area contributed by atoms with Gasteiger partial charge in [0.1, 0.15) is 5.69 Å². The van der Waals surface area contributed by atoms with Crippen LogP contribution in [0.4, 0.5) is 0 Å². The maximum atomic E-state index is 5.41. The van der Waals surface area contributed by atoms with Crippen LogP contribution in [0, 0.1) is 11.8 Å². The topological polar surface area (TPSA) is 38.6 Å². The molecule has 0 amide bonds. The van der Waals surface area contributed by atoms with Crippen LogP contribution in [-0.2, 0) is 6.54 Å². The average molecular weight is 277 g/mol. The van der Waals surface area contributed by atoms with Gasteiger partial charge in [0, 0.05) is 24.2 Å². The highest BCUT2D eigenvalue weighted by atomic mass is 32.1. The Hall–Kier alpha value is -1.07. The van der Waals surface area contributed by atoms with Crippen LogP contribution in [0.1, 0.15) is 31.4 Å². The van der Waals surface area contributed by atoms with Gasteiger partial charge in [0.25, 0.3) is 0 Å². The molecule has 0 spiro atoms. The molecule has 0 aromatic carbocycles. The minimum Gasteiger partial charge on any atom is -0.480 e. The Kier molecular flexibility index (Phi) is 2.77. The van der Waals surface area contributed by atoms with Gasteiger partial charge in [-0.05, 0) is 37.5 Å². The van der Waals surface area contributed by atoms with Crippen LogP contribution in [0.15, 0.2) is 11.6 Å². The number of ether oxygens (including phenoxy) is 1. The molecule has 2 saturated carbocycles. The molecule has 2 aliphatic rings. The number of fused-ring (bicyclic) bond motifs is 1. The molecule has 2 aromatic rings. The molecule has 2 aliphatic carbocycles. The van der Waals surface area contributed by atoms with Crippen molar-refractivity contribution in [3.05, 3.63) is 17.3 Å². The smallest absolute Gasteiger partial charge is 0.237 e. The van der Waals surface area contributed by atoms with Crippen LogP contribution in [0.3, 0.4) is 0 Å². The molecule has 102 valence electrons. The Labute approximate surface area is 116 Å².